The molecular weight excluding hydrogens is 152 g/mol. The van der Waals surface area contributed by atoms with Gasteiger partial charge in [0.2, 0.25) is 0 Å². The Morgan fingerprint density at radius 3 is 3.17 bits per heavy atom. The van der Waals surface area contributed by atoms with Crippen molar-refractivity contribution in [2.45, 2.75) is 25.8 Å². The summed E-state index contributed by atoms with van der Waals surface area (Å²) in [4.78, 5) is 7.09. The molecular formula is C8H12N4. The number of nitrogens with one attached hydrogen (secondary N) is 2. The number of imidazole rings is 1. The van der Waals surface area contributed by atoms with Gasteiger partial charge in [-0.3, -0.25) is 0 Å². The normalized spacial score (nSPS) is 17.9. The lowest BCUT2D eigenvalue weighted by Gasteiger charge is -1.97. The third-order valence-electron chi connectivity index (χ3n) is 1.83. The first kappa shape index (κ1) is 7.34. The van der Waals surface area contributed by atoms with Crippen LogP contribution in [0.25, 0.3) is 0 Å². The van der Waals surface area contributed by atoms with Gasteiger partial charge in [-0.2, -0.15) is 5.10 Å². The molecule has 1 heterocycles. The lowest BCUT2D eigenvalue weighted by Crippen LogP contribution is -2.12. The molecule has 4 nitrogen and oxygen atoms in total. The molecule has 0 radical (unpaired) electrons. The topological polar surface area (TPSA) is 53.1 Å². The Kier molecular flexibility index (Phi) is 1.81. The van der Waals surface area contributed by atoms with Crippen molar-refractivity contribution in [3.63, 3.8) is 0 Å². The second kappa shape index (κ2) is 2.97. The van der Waals surface area contributed by atoms with E-state index in [1.54, 1.807) is 12.4 Å². The lowest BCUT2D eigenvalue weighted by molar-refractivity contribution is 0.736. The molecule has 0 unspecified atom stereocenters. The average Bonchev–Trinajstić information content (AvgIpc) is 2.74. The number of hydrazone groups is 1. The van der Waals surface area contributed by atoms with Gasteiger partial charge in [-0.15, -0.1) is 0 Å². The van der Waals surface area contributed by atoms with Crippen molar-refractivity contribution in [1.29, 1.82) is 0 Å². The smallest absolute Gasteiger partial charge is 0.153 e. The summed E-state index contributed by atoms with van der Waals surface area (Å²) in [6.07, 6.45) is 6.01. The van der Waals surface area contributed by atoms with Crippen LogP contribution in [0, 0.1) is 0 Å². The Morgan fingerprint density at radius 1 is 1.75 bits per heavy atom. The maximum atomic E-state index is 4.20. The summed E-state index contributed by atoms with van der Waals surface area (Å²) in [7, 11) is 0. The van der Waals surface area contributed by atoms with E-state index in [2.05, 4.69) is 20.5 Å². The fourth-order valence-electron chi connectivity index (χ4n) is 0.917. The predicted octanol–water partition coefficient (Wildman–Crippen LogP) is 0.886. The molecule has 4 heteroatoms. The van der Waals surface area contributed by atoms with Crippen LogP contribution in [0.4, 0.5) is 0 Å². The highest BCUT2D eigenvalue weighted by Gasteiger charge is 2.20. The Hall–Kier alpha value is -1.32. The quantitative estimate of drug-likeness (QED) is 0.515. The summed E-state index contributed by atoms with van der Waals surface area (Å²) in [6, 6.07) is 0.606. The molecule has 0 bridgehead atoms. The van der Waals surface area contributed by atoms with Crippen LogP contribution in [0.1, 0.15) is 25.6 Å². The van der Waals surface area contributed by atoms with Crippen molar-refractivity contribution in [2.24, 2.45) is 5.10 Å². The van der Waals surface area contributed by atoms with Gasteiger partial charge in [0.15, 0.2) is 5.82 Å². The summed E-state index contributed by atoms with van der Waals surface area (Å²) in [5.74, 6) is 0.836. The van der Waals surface area contributed by atoms with Gasteiger partial charge in [0.1, 0.15) is 0 Å². The van der Waals surface area contributed by atoms with E-state index in [0.29, 0.717) is 6.04 Å². The average molecular weight is 164 g/mol. The number of hydrogen-bond donors (Lipinski definition) is 2. The highest BCUT2D eigenvalue weighted by Crippen LogP contribution is 2.18. The number of rotatable bonds is 3. The molecule has 0 aliphatic heterocycles. The number of hydrogen-bond acceptors (Lipinski definition) is 3. The fourth-order valence-corrected chi connectivity index (χ4v) is 0.917. The summed E-state index contributed by atoms with van der Waals surface area (Å²) in [6.45, 7) is 1.94. The van der Waals surface area contributed by atoms with E-state index in [4.69, 9.17) is 0 Å². The monoisotopic (exact) mass is 164 g/mol. The number of aromatic nitrogens is 2. The summed E-state index contributed by atoms with van der Waals surface area (Å²) in [5.41, 5.74) is 3.98. The minimum absolute atomic E-state index is 0.606. The van der Waals surface area contributed by atoms with Crippen molar-refractivity contribution < 1.29 is 0 Å². The number of H-pyrrole nitrogens is 1. The van der Waals surface area contributed by atoms with Gasteiger partial charge >= 0.3 is 0 Å². The summed E-state index contributed by atoms with van der Waals surface area (Å²) in [5, 5.41) is 4.20. The Labute approximate surface area is 71.1 Å². The minimum Gasteiger partial charge on any atom is -0.344 e. The largest absolute Gasteiger partial charge is 0.344 e. The van der Waals surface area contributed by atoms with Gasteiger partial charge in [0.25, 0.3) is 0 Å². The van der Waals surface area contributed by atoms with Crippen molar-refractivity contribution in [3.8, 4) is 0 Å². The van der Waals surface area contributed by atoms with E-state index >= 15 is 0 Å². The first-order chi connectivity index (χ1) is 5.86. The van der Waals surface area contributed by atoms with Crippen LogP contribution < -0.4 is 5.43 Å². The molecule has 0 amide bonds. The van der Waals surface area contributed by atoms with Gasteiger partial charge in [-0.05, 0) is 19.8 Å². The standard InChI is InChI=1S/C8H12N4/c1-6(8-9-4-5-10-8)11-12-7-2-3-7/h4-5,7,12H,2-3H2,1H3,(H,9,10)/b11-6-. The fraction of sp³-hybridized carbons (Fsp3) is 0.500. The van der Waals surface area contributed by atoms with Crippen LogP contribution in [-0.4, -0.2) is 21.7 Å². The van der Waals surface area contributed by atoms with Crippen LogP contribution in [0.15, 0.2) is 17.5 Å². The number of aromatic amines is 1. The first-order valence-corrected chi connectivity index (χ1v) is 4.16. The van der Waals surface area contributed by atoms with E-state index in [1.807, 2.05) is 6.92 Å². The molecule has 0 aromatic carbocycles. The Balaban J connectivity index is 1.98. The van der Waals surface area contributed by atoms with Gasteiger partial charge in [0, 0.05) is 18.4 Å². The van der Waals surface area contributed by atoms with Crippen LogP contribution in [0.5, 0.6) is 0 Å². The molecule has 2 rings (SSSR count). The molecule has 0 saturated heterocycles. The molecule has 1 aromatic rings. The van der Waals surface area contributed by atoms with E-state index < -0.39 is 0 Å². The van der Waals surface area contributed by atoms with Gasteiger partial charge in [0.05, 0.1) is 5.71 Å². The summed E-state index contributed by atoms with van der Waals surface area (Å²) < 4.78 is 0. The zero-order valence-corrected chi connectivity index (χ0v) is 7.04. The maximum absolute atomic E-state index is 4.20. The highest BCUT2D eigenvalue weighted by molar-refractivity contribution is 5.95. The van der Waals surface area contributed by atoms with Gasteiger partial charge < -0.3 is 10.4 Å². The molecule has 1 fully saturated rings. The van der Waals surface area contributed by atoms with Crippen molar-refractivity contribution in [1.82, 2.24) is 15.4 Å². The molecule has 1 aliphatic carbocycles. The maximum Gasteiger partial charge on any atom is 0.153 e. The van der Waals surface area contributed by atoms with Crippen molar-refractivity contribution >= 4 is 5.71 Å². The summed E-state index contributed by atoms with van der Waals surface area (Å²) >= 11 is 0. The molecule has 64 valence electrons. The first-order valence-electron chi connectivity index (χ1n) is 4.16. The molecule has 12 heavy (non-hydrogen) atoms. The third-order valence-corrected chi connectivity index (χ3v) is 1.83. The Morgan fingerprint density at radius 2 is 2.58 bits per heavy atom. The van der Waals surface area contributed by atoms with Crippen LogP contribution in [-0.2, 0) is 0 Å². The predicted molar refractivity (Wildman–Crippen MR) is 47.0 cm³/mol. The SMILES string of the molecule is C/C(=N/NC1CC1)c1ncc[nH]1. The molecule has 1 saturated carbocycles. The van der Waals surface area contributed by atoms with Gasteiger partial charge in [-0.25, -0.2) is 4.98 Å². The van der Waals surface area contributed by atoms with Crippen molar-refractivity contribution in [3.05, 3.63) is 18.2 Å². The zero-order chi connectivity index (χ0) is 8.39. The number of nitrogens with zero attached hydrogens (tertiary/aromatic N) is 2. The molecule has 0 atom stereocenters. The van der Waals surface area contributed by atoms with Crippen LogP contribution in [0.2, 0.25) is 0 Å². The second-order valence-corrected chi connectivity index (χ2v) is 3.04. The van der Waals surface area contributed by atoms with Crippen LogP contribution in [0.3, 0.4) is 0 Å². The minimum atomic E-state index is 0.606. The van der Waals surface area contributed by atoms with E-state index in [0.717, 1.165) is 11.5 Å². The third kappa shape index (κ3) is 1.64. The van der Waals surface area contributed by atoms with Crippen LogP contribution >= 0.6 is 0 Å². The van der Waals surface area contributed by atoms with Crippen molar-refractivity contribution in [2.75, 3.05) is 0 Å². The highest BCUT2D eigenvalue weighted by atomic mass is 15.3. The van der Waals surface area contributed by atoms with Gasteiger partial charge in [-0.1, -0.05) is 0 Å². The molecule has 0 spiro atoms. The molecule has 1 aliphatic rings. The van der Waals surface area contributed by atoms with E-state index in [-0.39, 0.29) is 0 Å². The molecule has 1 aromatic heterocycles. The Bertz CT molecular complexity index is 271. The molecule has 2 N–H and O–H groups in total. The van der Waals surface area contributed by atoms with E-state index in [1.165, 1.54) is 12.8 Å². The van der Waals surface area contributed by atoms with E-state index in [9.17, 15) is 0 Å². The second-order valence-electron chi connectivity index (χ2n) is 3.04. The lowest BCUT2D eigenvalue weighted by atomic mass is 10.4. The zero-order valence-electron chi connectivity index (χ0n) is 7.04.